The standard InChI is InChI=1S/C12H23N3O3/c1-9(2)11(12(17)18-3)14-10(16)8-15-6-4-13-5-7-15/h9,11,13H,4-8H2,1-3H3,(H,14,16). The number of piperazine rings is 1. The Bertz CT molecular complexity index is 288. The minimum Gasteiger partial charge on any atom is -0.467 e. The topological polar surface area (TPSA) is 70.7 Å². The predicted octanol–water partition coefficient (Wildman–Crippen LogP) is -0.795. The fourth-order valence-corrected chi connectivity index (χ4v) is 1.92. The molecule has 0 aliphatic carbocycles. The smallest absolute Gasteiger partial charge is 0.328 e. The zero-order chi connectivity index (χ0) is 13.5. The van der Waals surface area contributed by atoms with Crippen LogP contribution >= 0.6 is 0 Å². The van der Waals surface area contributed by atoms with E-state index in [1.54, 1.807) is 0 Å². The quantitative estimate of drug-likeness (QED) is 0.631. The highest BCUT2D eigenvalue weighted by Crippen LogP contribution is 2.03. The molecule has 6 heteroatoms. The van der Waals surface area contributed by atoms with Crippen LogP contribution in [0, 0.1) is 5.92 Å². The molecule has 0 aromatic rings. The number of ether oxygens (including phenoxy) is 1. The maximum atomic E-state index is 11.9. The Labute approximate surface area is 108 Å². The molecule has 104 valence electrons. The lowest BCUT2D eigenvalue weighted by Crippen LogP contribution is -2.51. The van der Waals surface area contributed by atoms with E-state index in [1.165, 1.54) is 7.11 Å². The number of esters is 1. The van der Waals surface area contributed by atoms with Crippen LogP contribution in [-0.4, -0.2) is 62.7 Å². The van der Waals surface area contributed by atoms with Gasteiger partial charge < -0.3 is 15.4 Å². The third kappa shape index (κ3) is 4.62. The highest BCUT2D eigenvalue weighted by molar-refractivity contribution is 5.85. The van der Waals surface area contributed by atoms with Gasteiger partial charge in [0.1, 0.15) is 6.04 Å². The zero-order valence-corrected chi connectivity index (χ0v) is 11.4. The monoisotopic (exact) mass is 257 g/mol. The van der Waals surface area contributed by atoms with Crippen LogP contribution in [0.3, 0.4) is 0 Å². The van der Waals surface area contributed by atoms with Gasteiger partial charge in [0.05, 0.1) is 13.7 Å². The molecule has 0 saturated carbocycles. The van der Waals surface area contributed by atoms with Crippen molar-refractivity contribution in [2.75, 3.05) is 39.8 Å². The summed E-state index contributed by atoms with van der Waals surface area (Å²) in [4.78, 5) is 25.5. The van der Waals surface area contributed by atoms with Crippen LogP contribution in [0.4, 0.5) is 0 Å². The molecule has 0 aromatic carbocycles. The molecule has 0 spiro atoms. The third-order valence-corrected chi connectivity index (χ3v) is 3.02. The molecule has 1 amide bonds. The number of carbonyl (C=O) groups excluding carboxylic acids is 2. The van der Waals surface area contributed by atoms with Crippen molar-refractivity contribution in [3.8, 4) is 0 Å². The third-order valence-electron chi connectivity index (χ3n) is 3.02. The molecule has 0 radical (unpaired) electrons. The summed E-state index contributed by atoms with van der Waals surface area (Å²) >= 11 is 0. The molecule has 1 aliphatic heterocycles. The fraction of sp³-hybridized carbons (Fsp3) is 0.833. The Kier molecular flexibility index (Phi) is 6.07. The Morgan fingerprint density at radius 1 is 1.33 bits per heavy atom. The largest absolute Gasteiger partial charge is 0.467 e. The first-order valence-corrected chi connectivity index (χ1v) is 6.35. The fourth-order valence-electron chi connectivity index (χ4n) is 1.92. The first kappa shape index (κ1) is 14.9. The van der Waals surface area contributed by atoms with Gasteiger partial charge >= 0.3 is 5.97 Å². The molecular formula is C12H23N3O3. The van der Waals surface area contributed by atoms with Crippen molar-refractivity contribution in [2.24, 2.45) is 5.92 Å². The van der Waals surface area contributed by atoms with Gasteiger partial charge in [-0.2, -0.15) is 0 Å². The van der Waals surface area contributed by atoms with Crippen molar-refractivity contribution < 1.29 is 14.3 Å². The van der Waals surface area contributed by atoms with Gasteiger partial charge in [0.15, 0.2) is 0 Å². The first-order chi connectivity index (χ1) is 8.54. The summed E-state index contributed by atoms with van der Waals surface area (Å²) in [7, 11) is 1.33. The number of hydrogen-bond donors (Lipinski definition) is 2. The predicted molar refractivity (Wildman–Crippen MR) is 68.1 cm³/mol. The van der Waals surface area contributed by atoms with E-state index in [0.717, 1.165) is 26.2 Å². The number of carbonyl (C=O) groups is 2. The summed E-state index contributed by atoms with van der Waals surface area (Å²) < 4.78 is 4.69. The van der Waals surface area contributed by atoms with Crippen molar-refractivity contribution in [2.45, 2.75) is 19.9 Å². The van der Waals surface area contributed by atoms with Crippen LogP contribution in [0.5, 0.6) is 0 Å². The number of nitrogens with one attached hydrogen (secondary N) is 2. The van der Waals surface area contributed by atoms with E-state index in [1.807, 2.05) is 13.8 Å². The van der Waals surface area contributed by atoms with Gasteiger partial charge in [-0.1, -0.05) is 13.8 Å². The summed E-state index contributed by atoms with van der Waals surface area (Å²) in [6.45, 7) is 7.62. The molecule has 18 heavy (non-hydrogen) atoms. The highest BCUT2D eigenvalue weighted by Gasteiger charge is 2.25. The van der Waals surface area contributed by atoms with E-state index in [9.17, 15) is 9.59 Å². The average molecular weight is 257 g/mol. The lowest BCUT2D eigenvalue weighted by molar-refractivity contribution is -0.146. The molecule has 1 heterocycles. The molecule has 0 aromatic heterocycles. The van der Waals surface area contributed by atoms with Gasteiger partial charge in [0.2, 0.25) is 5.91 Å². The second kappa shape index (κ2) is 7.33. The van der Waals surface area contributed by atoms with Gasteiger partial charge in [0, 0.05) is 26.2 Å². The van der Waals surface area contributed by atoms with E-state index in [-0.39, 0.29) is 11.8 Å². The number of nitrogens with zero attached hydrogens (tertiary/aromatic N) is 1. The average Bonchev–Trinajstić information content (AvgIpc) is 2.36. The normalized spacial score (nSPS) is 18.4. The second-order valence-corrected chi connectivity index (χ2v) is 4.84. The van der Waals surface area contributed by atoms with Gasteiger partial charge in [-0.25, -0.2) is 4.79 Å². The SMILES string of the molecule is COC(=O)C(NC(=O)CN1CCNCC1)C(C)C. The van der Waals surface area contributed by atoms with Crippen molar-refractivity contribution in [3.05, 3.63) is 0 Å². The molecule has 6 nitrogen and oxygen atoms in total. The summed E-state index contributed by atoms with van der Waals surface area (Å²) in [6.07, 6.45) is 0. The number of hydrogen-bond acceptors (Lipinski definition) is 5. The van der Waals surface area contributed by atoms with E-state index in [2.05, 4.69) is 20.3 Å². The molecular weight excluding hydrogens is 234 g/mol. The summed E-state index contributed by atoms with van der Waals surface area (Å²) in [5, 5.41) is 5.97. The Hall–Kier alpha value is -1.14. The summed E-state index contributed by atoms with van der Waals surface area (Å²) in [5.74, 6) is -0.496. The molecule has 1 fully saturated rings. The van der Waals surface area contributed by atoms with Gasteiger partial charge in [-0.05, 0) is 5.92 Å². The Morgan fingerprint density at radius 3 is 2.44 bits per heavy atom. The van der Waals surface area contributed by atoms with Crippen molar-refractivity contribution in [3.63, 3.8) is 0 Å². The van der Waals surface area contributed by atoms with Crippen LogP contribution in [-0.2, 0) is 14.3 Å². The summed E-state index contributed by atoms with van der Waals surface area (Å²) in [6, 6.07) is -0.564. The van der Waals surface area contributed by atoms with Gasteiger partial charge in [0.25, 0.3) is 0 Å². The van der Waals surface area contributed by atoms with E-state index in [4.69, 9.17) is 0 Å². The van der Waals surface area contributed by atoms with E-state index < -0.39 is 12.0 Å². The Balaban J connectivity index is 2.42. The molecule has 1 rings (SSSR count). The minimum atomic E-state index is -0.564. The van der Waals surface area contributed by atoms with Crippen LogP contribution in [0.2, 0.25) is 0 Å². The maximum Gasteiger partial charge on any atom is 0.328 e. The first-order valence-electron chi connectivity index (χ1n) is 6.35. The molecule has 1 aliphatic rings. The number of rotatable bonds is 5. The van der Waals surface area contributed by atoms with E-state index >= 15 is 0 Å². The van der Waals surface area contributed by atoms with Gasteiger partial charge in [-0.15, -0.1) is 0 Å². The maximum absolute atomic E-state index is 11.9. The number of amides is 1. The summed E-state index contributed by atoms with van der Waals surface area (Å²) in [5.41, 5.74) is 0. The van der Waals surface area contributed by atoms with Crippen molar-refractivity contribution in [1.29, 1.82) is 0 Å². The lowest BCUT2D eigenvalue weighted by atomic mass is 10.0. The Morgan fingerprint density at radius 2 is 1.94 bits per heavy atom. The highest BCUT2D eigenvalue weighted by atomic mass is 16.5. The van der Waals surface area contributed by atoms with Gasteiger partial charge in [-0.3, -0.25) is 9.69 Å². The van der Waals surface area contributed by atoms with Crippen LogP contribution < -0.4 is 10.6 Å². The molecule has 1 atom stereocenters. The van der Waals surface area contributed by atoms with Crippen LogP contribution in [0.15, 0.2) is 0 Å². The molecule has 0 bridgehead atoms. The molecule has 1 saturated heterocycles. The lowest BCUT2D eigenvalue weighted by Gasteiger charge is -2.27. The minimum absolute atomic E-state index is 0.0180. The second-order valence-electron chi connectivity index (χ2n) is 4.84. The zero-order valence-electron chi connectivity index (χ0n) is 11.4. The van der Waals surface area contributed by atoms with Crippen molar-refractivity contribution >= 4 is 11.9 Å². The molecule has 2 N–H and O–H groups in total. The van der Waals surface area contributed by atoms with E-state index in [0.29, 0.717) is 6.54 Å². The van der Waals surface area contributed by atoms with Crippen molar-refractivity contribution in [1.82, 2.24) is 15.5 Å². The molecule has 1 unspecified atom stereocenters. The van der Waals surface area contributed by atoms with Crippen LogP contribution in [0.1, 0.15) is 13.8 Å². The van der Waals surface area contributed by atoms with Crippen LogP contribution in [0.25, 0.3) is 0 Å². The number of methoxy groups -OCH3 is 1.